The van der Waals surface area contributed by atoms with E-state index in [1.54, 1.807) is 11.5 Å². The van der Waals surface area contributed by atoms with Gasteiger partial charge < -0.3 is 4.90 Å². The number of nitrogens with zero attached hydrogens (tertiary/aromatic N) is 3. The minimum atomic E-state index is 0.692. The third kappa shape index (κ3) is 1.43. The molecular formula is C9H13N3S. The monoisotopic (exact) mass is 195 g/mol. The molecule has 1 aromatic heterocycles. The van der Waals surface area contributed by atoms with Gasteiger partial charge in [0.05, 0.1) is 0 Å². The molecule has 2 aliphatic rings. The van der Waals surface area contributed by atoms with Gasteiger partial charge in [-0.15, -0.1) is 0 Å². The Labute approximate surface area is 82.0 Å². The third-order valence-electron chi connectivity index (χ3n) is 2.77. The molecule has 2 aliphatic carbocycles. The molecule has 0 spiro atoms. The fourth-order valence-electron chi connectivity index (χ4n) is 1.50. The standard InChI is InChI=1S/C9H13N3S/c1-12(7-4-5-7)9-10-8(11-13-9)6-2-3-6/h6-7H,2-5H2,1H3. The van der Waals surface area contributed by atoms with Crippen molar-refractivity contribution >= 4 is 16.7 Å². The van der Waals surface area contributed by atoms with Crippen LogP contribution in [-0.2, 0) is 0 Å². The zero-order valence-electron chi connectivity index (χ0n) is 7.73. The SMILES string of the molecule is CN(c1nc(C2CC2)ns1)C1CC1. The first-order chi connectivity index (χ1) is 6.34. The maximum atomic E-state index is 4.57. The first-order valence-electron chi connectivity index (χ1n) is 4.91. The van der Waals surface area contributed by atoms with Crippen molar-refractivity contribution in [2.45, 2.75) is 37.6 Å². The van der Waals surface area contributed by atoms with Crippen LogP contribution in [0.5, 0.6) is 0 Å². The predicted molar refractivity (Wildman–Crippen MR) is 53.3 cm³/mol. The maximum Gasteiger partial charge on any atom is 0.205 e. The van der Waals surface area contributed by atoms with Crippen LogP contribution in [0.4, 0.5) is 5.13 Å². The Morgan fingerprint density at radius 2 is 2.08 bits per heavy atom. The molecule has 0 bridgehead atoms. The van der Waals surface area contributed by atoms with Crippen LogP contribution in [0, 0.1) is 0 Å². The molecule has 3 rings (SSSR count). The van der Waals surface area contributed by atoms with E-state index in [0.717, 1.165) is 17.0 Å². The van der Waals surface area contributed by atoms with E-state index in [1.807, 2.05) is 0 Å². The lowest BCUT2D eigenvalue weighted by Gasteiger charge is -2.12. The summed E-state index contributed by atoms with van der Waals surface area (Å²) in [6.45, 7) is 0. The Hall–Kier alpha value is -0.640. The second kappa shape index (κ2) is 2.67. The van der Waals surface area contributed by atoms with Crippen LogP contribution in [-0.4, -0.2) is 22.4 Å². The van der Waals surface area contributed by atoms with Gasteiger partial charge in [-0.3, -0.25) is 0 Å². The van der Waals surface area contributed by atoms with Gasteiger partial charge >= 0.3 is 0 Å². The molecule has 0 aromatic carbocycles. The fourth-order valence-corrected chi connectivity index (χ4v) is 2.27. The molecule has 1 aromatic rings. The number of hydrogen-bond donors (Lipinski definition) is 0. The van der Waals surface area contributed by atoms with Crippen molar-refractivity contribution in [3.63, 3.8) is 0 Å². The molecule has 0 atom stereocenters. The highest BCUT2D eigenvalue weighted by Gasteiger charge is 2.31. The van der Waals surface area contributed by atoms with Crippen LogP contribution in [0.1, 0.15) is 37.4 Å². The van der Waals surface area contributed by atoms with E-state index in [-0.39, 0.29) is 0 Å². The summed E-state index contributed by atoms with van der Waals surface area (Å²) < 4.78 is 4.40. The van der Waals surface area contributed by atoms with E-state index in [2.05, 4.69) is 21.3 Å². The van der Waals surface area contributed by atoms with Crippen LogP contribution in [0.25, 0.3) is 0 Å². The molecule has 0 aliphatic heterocycles. The van der Waals surface area contributed by atoms with Crippen molar-refractivity contribution in [2.24, 2.45) is 0 Å². The Morgan fingerprint density at radius 1 is 1.31 bits per heavy atom. The maximum absolute atomic E-state index is 4.57. The van der Waals surface area contributed by atoms with Crippen LogP contribution >= 0.6 is 11.5 Å². The first-order valence-corrected chi connectivity index (χ1v) is 5.68. The molecule has 70 valence electrons. The molecule has 2 fully saturated rings. The Balaban J connectivity index is 1.79. The van der Waals surface area contributed by atoms with E-state index >= 15 is 0 Å². The molecule has 2 saturated carbocycles. The first kappa shape index (κ1) is 7.74. The Morgan fingerprint density at radius 3 is 2.69 bits per heavy atom. The van der Waals surface area contributed by atoms with Crippen molar-refractivity contribution < 1.29 is 0 Å². The molecule has 1 heterocycles. The van der Waals surface area contributed by atoms with Gasteiger partial charge in [-0.1, -0.05) is 0 Å². The number of aromatic nitrogens is 2. The van der Waals surface area contributed by atoms with E-state index in [4.69, 9.17) is 0 Å². The van der Waals surface area contributed by atoms with E-state index in [9.17, 15) is 0 Å². The summed E-state index contributed by atoms with van der Waals surface area (Å²) in [5.74, 6) is 1.78. The highest BCUT2D eigenvalue weighted by Crippen LogP contribution is 2.40. The summed E-state index contributed by atoms with van der Waals surface area (Å²) in [5.41, 5.74) is 0. The van der Waals surface area contributed by atoms with Gasteiger partial charge in [0.25, 0.3) is 0 Å². The molecule has 0 radical (unpaired) electrons. The molecule has 0 saturated heterocycles. The van der Waals surface area contributed by atoms with E-state index in [1.165, 1.54) is 25.7 Å². The number of rotatable bonds is 3. The van der Waals surface area contributed by atoms with Crippen molar-refractivity contribution in [1.82, 2.24) is 9.36 Å². The summed E-state index contributed by atoms with van der Waals surface area (Å²) in [4.78, 5) is 6.85. The van der Waals surface area contributed by atoms with E-state index < -0.39 is 0 Å². The lowest BCUT2D eigenvalue weighted by molar-refractivity contribution is 0.890. The van der Waals surface area contributed by atoms with Crippen LogP contribution in [0.2, 0.25) is 0 Å². The predicted octanol–water partition coefficient (Wildman–Crippen LogP) is 2.01. The van der Waals surface area contributed by atoms with E-state index in [0.29, 0.717) is 5.92 Å². The quantitative estimate of drug-likeness (QED) is 0.739. The van der Waals surface area contributed by atoms with Gasteiger partial charge in [0.2, 0.25) is 5.13 Å². The van der Waals surface area contributed by atoms with Crippen LogP contribution < -0.4 is 4.90 Å². The minimum Gasteiger partial charge on any atom is -0.347 e. The molecule has 0 N–H and O–H groups in total. The normalized spacial score (nSPS) is 21.9. The summed E-state index contributed by atoms with van der Waals surface area (Å²) in [6.07, 6.45) is 5.25. The lowest BCUT2D eigenvalue weighted by atomic mass is 10.4. The molecular weight excluding hydrogens is 182 g/mol. The summed E-state index contributed by atoms with van der Waals surface area (Å²) in [5, 5.41) is 1.12. The molecule has 0 amide bonds. The van der Waals surface area contributed by atoms with Gasteiger partial charge in [0, 0.05) is 30.5 Å². The summed E-state index contributed by atoms with van der Waals surface area (Å²) in [6, 6.07) is 0.750. The van der Waals surface area contributed by atoms with Gasteiger partial charge in [-0.25, -0.2) is 4.98 Å². The zero-order valence-corrected chi connectivity index (χ0v) is 8.55. The second-order valence-corrected chi connectivity index (χ2v) is 4.78. The van der Waals surface area contributed by atoms with Crippen molar-refractivity contribution in [1.29, 1.82) is 0 Å². The lowest BCUT2D eigenvalue weighted by Crippen LogP contribution is -2.18. The second-order valence-electron chi connectivity index (χ2n) is 4.05. The fraction of sp³-hybridized carbons (Fsp3) is 0.778. The van der Waals surface area contributed by atoms with Gasteiger partial charge in [0.15, 0.2) is 0 Å². The highest BCUT2D eigenvalue weighted by molar-refractivity contribution is 7.09. The number of hydrogen-bond acceptors (Lipinski definition) is 4. The largest absolute Gasteiger partial charge is 0.347 e. The average molecular weight is 195 g/mol. The van der Waals surface area contributed by atoms with Crippen molar-refractivity contribution in [2.75, 3.05) is 11.9 Å². The number of anilines is 1. The third-order valence-corrected chi connectivity index (χ3v) is 3.59. The zero-order chi connectivity index (χ0) is 8.84. The molecule has 4 heteroatoms. The van der Waals surface area contributed by atoms with Gasteiger partial charge in [-0.2, -0.15) is 4.37 Å². The molecule has 0 unspecified atom stereocenters. The summed E-state index contributed by atoms with van der Waals surface area (Å²) >= 11 is 1.56. The minimum absolute atomic E-state index is 0.692. The topological polar surface area (TPSA) is 29.0 Å². The molecule has 3 nitrogen and oxygen atoms in total. The van der Waals surface area contributed by atoms with Crippen molar-refractivity contribution in [3.05, 3.63) is 5.82 Å². The van der Waals surface area contributed by atoms with Crippen LogP contribution in [0.15, 0.2) is 0 Å². The van der Waals surface area contributed by atoms with Gasteiger partial charge in [-0.05, 0) is 25.7 Å². The average Bonchev–Trinajstić information content (AvgIpc) is 3.02. The van der Waals surface area contributed by atoms with Gasteiger partial charge in [0.1, 0.15) is 5.82 Å². The molecule has 13 heavy (non-hydrogen) atoms. The Kier molecular flexibility index (Phi) is 1.59. The van der Waals surface area contributed by atoms with Crippen molar-refractivity contribution in [3.8, 4) is 0 Å². The van der Waals surface area contributed by atoms with Crippen LogP contribution in [0.3, 0.4) is 0 Å². The summed E-state index contributed by atoms with van der Waals surface area (Å²) in [7, 11) is 2.13. The highest BCUT2D eigenvalue weighted by atomic mass is 32.1. The smallest absolute Gasteiger partial charge is 0.205 e. The Bertz CT molecular complexity index is 314.